The summed E-state index contributed by atoms with van der Waals surface area (Å²) in [6, 6.07) is 2.10. The lowest BCUT2D eigenvalue weighted by Crippen LogP contribution is -2.21. The Morgan fingerprint density at radius 3 is 2.93 bits per heavy atom. The van der Waals surface area contributed by atoms with Gasteiger partial charge >= 0.3 is 0 Å². The number of aromatic nitrogens is 2. The van der Waals surface area contributed by atoms with E-state index in [-0.39, 0.29) is 0 Å². The molecule has 1 atom stereocenters. The summed E-state index contributed by atoms with van der Waals surface area (Å²) in [6.45, 7) is 4.30. The first kappa shape index (κ1) is 9.52. The number of anilines is 1. The van der Waals surface area contributed by atoms with Crippen molar-refractivity contribution in [1.29, 1.82) is 0 Å². The second-order valence-electron chi connectivity index (χ2n) is 4.05. The number of rotatable bonds is 2. The summed E-state index contributed by atoms with van der Waals surface area (Å²) >= 11 is 0. The van der Waals surface area contributed by atoms with Gasteiger partial charge in [-0.3, -0.25) is 4.68 Å². The number of nitrogens with zero attached hydrogens (tertiary/aromatic N) is 3. The molecule has 1 fully saturated rings. The Hall–Kier alpha value is -1.03. The summed E-state index contributed by atoms with van der Waals surface area (Å²) in [5, 5.41) is 13.5. The Kier molecular flexibility index (Phi) is 2.46. The lowest BCUT2D eigenvalue weighted by Gasteiger charge is -2.14. The maximum absolute atomic E-state index is 9.04. The SMILES string of the molecule is Cc1cc(N2CCC(CO)C2)nn1C. The van der Waals surface area contributed by atoms with Crippen molar-refractivity contribution in [2.45, 2.75) is 13.3 Å². The van der Waals surface area contributed by atoms with Gasteiger partial charge < -0.3 is 10.0 Å². The molecule has 1 aromatic rings. The van der Waals surface area contributed by atoms with E-state index in [9.17, 15) is 0 Å². The van der Waals surface area contributed by atoms with Crippen molar-refractivity contribution in [1.82, 2.24) is 9.78 Å². The first-order chi connectivity index (χ1) is 6.70. The zero-order valence-electron chi connectivity index (χ0n) is 8.77. The highest BCUT2D eigenvalue weighted by atomic mass is 16.3. The quantitative estimate of drug-likeness (QED) is 0.749. The molecule has 0 aliphatic carbocycles. The van der Waals surface area contributed by atoms with E-state index in [0.717, 1.165) is 25.3 Å². The zero-order chi connectivity index (χ0) is 10.1. The second-order valence-corrected chi connectivity index (χ2v) is 4.05. The molecule has 0 bridgehead atoms. The first-order valence-electron chi connectivity index (χ1n) is 5.07. The minimum atomic E-state index is 0.294. The fraction of sp³-hybridized carbons (Fsp3) is 0.700. The van der Waals surface area contributed by atoms with E-state index in [4.69, 9.17) is 5.11 Å². The molecule has 2 rings (SSSR count). The van der Waals surface area contributed by atoms with Gasteiger partial charge in [0.2, 0.25) is 0 Å². The maximum atomic E-state index is 9.04. The molecular formula is C10H17N3O. The molecule has 1 aromatic heterocycles. The van der Waals surface area contributed by atoms with Crippen LogP contribution in [0.1, 0.15) is 12.1 Å². The zero-order valence-corrected chi connectivity index (χ0v) is 8.77. The van der Waals surface area contributed by atoms with Gasteiger partial charge in [0, 0.05) is 44.4 Å². The lowest BCUT2D eigenvalue weighted by atomic mass is 10.1. The van der Waals surface area contributed by atoms with Gasteiger partial charge in [-0.15, -0.1) is 0 Å². The molecule has 78 valence electrons. The third-order valence-corrected chi connectivity index (χ3v) is 2.97. The summed E-state index contributed by atoms with van der Waals surface area (Å²) in [4.78, 5) is 2.24. The molecule has 2 heterocycles. The van der Waals surface area contributed by atoms with Gasteiger partial charge in [-0.1, -0.05) is 0 Å². The van der Waals surface area contributed by atoms with E-state index in [1.807, 2.05) is 11.7 Å². The van der Waals surface area contributed by atoms with Crippen LogP contribution in [0.5, 0.6) is 0 Å². The van der Waals surface area contributed by atoms with Gasteiger partial charge in [-0.05, 0) is 13.3 Å². The Balaban J connectivity index is 2.09. The van der Waals surface area contributed by atoms with Crippen molar-refractivity contribution in [3.05, 3.63) is 11.8 Å². The second kappa shape index (κ2) is 3.61. The Bertz CT molecular complexity index is 302. The average Bonchev–Trinajstić information content (AvgIpc) is 2.74. The molecule has 0 saturated carbocycles. The van der Waals surface area contributed by atoms with Crippen LogP contribution in [0.15, 0.2) is 6.07 Å². The predicted molar refractivity (Wildman–Crippen MR) is 55.4 cm³/mol. The van der Waals surface area contributed by atoms with Crippen molar-refractivity contribution in [3.8, 4) is 0 Å². The molecule has 0 aromatic carbocycles. The largest absolute Gasteiger partial charge is 0.396 e. The van der Waals surface area contributed by atoms with Gasteiger partial charge in [0.25, 0.3) is 0 Å². The molecular weight excluding hydrogens is 178 g/mol. The standard InChI is InChI=1S/C10H17N3O/c1-8-5-10(11-12(8)2)13-4-3-9(6-13)7-14/h5,9,14H,3-4,6-7H2,1-2H3. The molecule has 14 heavy (non-hydrogen) atoms. The van der Waals surface area contributed by atoms with E-state index in [1.165, 1.54) is 5.69 Å². The van der Waals surface area contributed by atoms with Crippen LogP contribution in [-0.4, -0.2) is 34.6 Å². The topological polar surface area (TPSA) is 41.3 Å². The van der Waals surface area contributed by atoms with Crippen LogP contribution in [0.2, 0.25) is 0 Å². The number of hydrogen-bond acceptors (Lipinski definition) is 3. The van der Waals surface area contributed by atoms with Crippen LogP contribution in [0, 0.1) is 12.8 Å². The minimum Gasteiger partial charge on any atom is -0.396 e. The van der Waals surface area contributed by atoms with Crippen molar-refractivity contribution in [3.63, 3.8) is 0 Å². The van der Waals surface area contributed by atoms with Crippen LogP contribution in [0.4, 0.5) is 5.82 Å². The molecule has 0 radical (unpaired) electrons. The monoisotopic (exact) mass is 195 g/mol. The molecule has 1 aliphatic heterocycles. The molecule has 1 N–H and O–H groups in total. The Labute approximate surface area is 84.1 Å². The maximum Gasteiger partial charge on any atom is 0.150 e. The summed E-state index contributed by atoms with van der Waals surface area (Å²) in [7, 11) is 1.96. The van der Waals surface area contributed by atoms with Crippen LogP contribution in [0.3, 0.4) is 0 Å². The van der Waals surface area contributed by atoms with E-state index >= 15 is 0 Å². The van der Waals surface area contributed by atoms with Gasteiger partial charge in [0.1, 0.15) is 0 Å². The van der Waals surface area contributed by atoms with E-state index in [0.29, 0.717) is 12.5 Å². The molecule has 1 saturated heterocycles. The molecule has 0 spiro atoms. The number of aliphatic hydroxyl groups is 1. The van der Waals surface area contributed by atoms with Gasteiger partial charge in [0.15, 0.2) is 5.82 Å². The number of hydrogen-bond donors (Lipinski definition) is 1. The first-order valence-corrected chi connectivity index (χ1v) is 5.07. The van der Waals surface area contributed by atoms with Crippen LogP contribution in [-0.2, 0) is 7.05 Å². The third-order valence-electron chi connectivity index (χ3n) is 2.97. The van der Waals surface area contributed by atoms with Gasteiger partial charge in [-0.2, -0.15) is 5.10 Å². The van der Waals surface area contributed by atoms with Crippen molar-refractivity contribution in [2.75, 3.05) is 24.6 Å². The molecule has 1 aliphatic rings. The van der Waals surface area contributed by atoms with E-state index in [1.54, 1.807) is 0 Å². The number of aliphatic hydroxyl groups excluding tert-OH is 1. The highest BCUT2D eigenvalue weighted by Crippen LogP contribution is 2.22. The number of aryl methyl sites for hydroxylation is 2. The van der Waals surface area contributed by atoms with Gasteiger partial charge in [0.05, 0.1) is 0 Å². The van der Waals surface area contributed by atoms with E-state index in [2.05, 4.69) is 23.0 Å². The molecule has 4 heteroatoms. The summed E-state index contributed by atoms with van der Waals surface area (Å²) in [5.41, 5.74) is 1.17. The average molecular weight is 195 g/mol. The Morgan fingerprint density at radius 1 is 1.64 bits per heavy atom. The van der Waals surface area contributed by atoms with Crippen molar-refractivity contribution < 1.29 is 5.11 Å². The fourth-order valence-electron chi connectivity index (χ4n) is 1.89. The summed E-state index contributed by atoms with van der Waals surface area (Å²) in [6.07, 6.45) is 1.08. The normalized spacial score (nSPS) is 21.9. The Morgan fingerprint density at radius 2 is 2.43 bits per heavy atom. The highest BCUT2D eigenvalue weighted by molar-refractivity contribution is 5.40. The minimum absolute atomic E-state index is 0.294. The summed E-state index contributed by atoms with van der Waals surface area (Å²) in [5.74, 6) is 1.47. The summed E-state index contributed by atoms with van der Waals surface area (Å²) < 4.78 is 1.89. The lowest BCUT2D eigenvalue weighted by molar-refractivity contribution is 0.238. The van der Waals surface area contributed by atoms with Crippen molar-refractivity contribution >= 4 is 5.82 Å². The third kappa shape index (κ3) is 1.62. The fourth-order valence-corrected chi connectivity index (χ4v) is 1.89. The van der Waals surface area contributed by atoms with E-state index < -0.39 is 0 Å². The van der Waals surface area contributed by atoms with Crippen LogP contribution >= 0.6 is 0 Å². The van der Waals surface area contributed by atoms with Crippen LogP contribution < -0.4 is 4.90 Å². The van der Waals surface area contributed by atoms with Gasteiger partial charge in [-0.25, -0.2) is 0 Å². The van der Waals surface area contributed by atoms with Crippen LogP contribution in [0.25, 0.3) is 0 Å². The highest BCUT2D eigenvalue weighted by Gasteiger charge is 2.23. The molecule has 4 nitrogen and oxygen atoms in total. The molecule has 1 unspecified atom stereocenters. The van der Waals surface area contributed by atoms with Crippen molar-refractivity contribution in [2.24, 2.45) is 13.0 Å². The smallest absolute Gasteiger partial charge is 0.150 e. The predicted octanol–water partition coefficient (Wildman–Crippen LogP) is 0.547. The molecule has 0 amide bonds.